The van der Waals surface area contributed by atoms with Gasteiger partial charge in [0.25, 0.3) is 0 Å². The van der Waals surface area contributed by atoms with E-state index in [-0.39, 0.29) is 0 Å². The van der Waals surface area contributed by atoms with E-state index in [2.05, 4.69) is 39.4 Å². The van der Waals surface area contributed by atoms with Crippen LogP contribution in [0.1, 0.15) is 24.0 Å². The third-order valence-electron chi connectivity index (χ3n) is 5.65. The number of piperidine rings is 1. The van der Waals surface area contributed by atoms with E-state index in [4.69, 9.17) is 14.2 Å². The maximum absolute atomic E-state index is 6.12. The van der Waals surface area contributed by atoms with Crippen LogP contribution in [0.4, 0.5) is 0 Å². The average Bonchev–Trinajstić information content (AvgIpc) is 3.26. The Hall–Kier alpha value is -2.83. The molecule has 1 fully saturated rings. The highest BCUT2D eigenvalue weighted by Gasteiger charge is 2.22. The zero-order valence-corrected chi connectivity index (χ0v) is 17.6. The number of methoxy groups -OCH3 is 2. The number of aromatic amines is 1. The molecule has 3 aromatic rings. The van der Waals surface area contributed by atoms with Crippen molar-refractivity contribution in [2.24, 2.45) is 0 Å². The van der Waals surface area contributed by atoms with E-state index in [1.165, 1.54) is 11.1 Å². The second-order valence-electron chi connectivity index (χ2n) is 7.61. The lowest BCUT2D eigenvalue weighted by molar-refractivity contribution is -0.00391. The van der Waals surface area contributed by atoms with Crippen LogP contribution in [0.2, 0.25) is 0 Å². The molecule has 0 bridgehead atoms. The minimum Gasteiger partial charge on any atom is -0.497 e. The lowest BCUT2D eigenvalue weighted by atomic mass is 10.0. The first-order valence-corrected chi connectivity index (χ1v) is 10.4. The van der Waals surface area contributed by atoms with E-state index in [1.807, 2.05) is 30.5 Å². The average molecular weight is 408 g/mol. The zero-order valence-electron chi connectivity index (χ0n) is 17.6. The number of nitrogens with one attached hydrogen (secondary N) is 1. The van der Waals surface area contributed by atoms with E-state index in [0.717, 1.165) is 55.2 Å². The summed E-state index contributed by atoms with van der Waals surface area (Å²) < 4.78 is 17.0. The van der Waals surface area contributed by atoms with Gasteiger partial charge < -0.3 is 14.2 Å². The highest BCUT2D eigenvalue weighted by Crippen LogP contribution is 2.34. The molecule has 0 spiro atoms. The minimum absolute atomic E-state index is 0.326. The summed E-state index contributed by atoms with van der Waals surface area (Å²) in [5.41, 5.74) is 4.39. The monoisotopic (exact) mass is 407 g/mol. The van der Waals surface area contributed by atoms with Crippen molar-refractivity contribution in [3.63, 3.8) is 0 Å². The number of ether oxygens (including phenoxy) is 3. The highest BCUT2D eigenvalue weighted by molar-refractivity contribution is 5.71. The first kappa shape index (κ1) is 20.4. The van der Waals surface area contributed by atoms with Gasteiger partial charge in [0.2, 0.25) is 0 Å². The van der Waals surface area contributed by atoms with Gasteiger partial charge in [-0.05, 0) is 30.5 Å². The van der Waals surface area contributed by atoms with E-state index in [0.29, 0.717) is 12.7 Å². The normalized spacial score (nSPS) is 15.3. The first-order valence-electron chi connectivity index (χ1n) is 10.4. The summed E-state index contributed by atoms with van der Waals surface area (Å²) in [4.78, 5) is 2.47. The van der Waals surface area contributed by atoms with Crippen molar-refractivity contribution in [1.82, 2.24) is 15.1 Å². The molecule has 158 valence electrons. The molecule has 4 rings (SSSR count). The summed E-state index contributed by atoms with van der Waals surface area (Å²) in [5.74, 6) is 1.54. The SMILES string of the molecule is COc1ccc(-c2[nH]ncc2CN2CCC(OCc3ccccc3)CC2)c(OC)c1. The molecule has 0 saturated carbocycles. The van der Waals surface area contributed by atoms with Gasteiger partial charge in [-0.1, -0.05) is 30.3 Å². The van der Waals surface area contributed by atoms with Crippen molar-refractivity contribution in [1.29, 1.82) is 0 Å². The van der Waals surface area contributed by atoms with Crippen LogP contribution in [0.5, 0.6) is 11.5 Å². The second kappa shape index (κ2) is 9.78. The van der Waals surface area contributed by atoms with Gasteiger partial charge in [0.05, 0.1) is 38.8 Å². The van der Waals surface area contributed by atoms with E-state index < -0.39 is 0 Å². The Labute approximate surface area is 177 Å². The number of H-pyrrole nitrogens is 1. The Kier molecular flexibility index (Phi) is 6.67. The predicted octanol–water partition coefficient (Wildman–Crippen LogP) is 4.28. The quantitative estimate of drug-likeness (QED) is 0.604. The van der Waals surface area contributed by atoms with Gasteiger partial charge >= 0.3 is 0 Å². The molecule has 30 heavy (non-hydrogen) atoms. The van der Waals surface area contributed by atoms with Gasteiger partial charge in [0.1, 0.15) is 11.5 Å². The van der Waals surface area contributed by atoms with Crippen LogP contribution in [0, 0.1) is 0 Å². The minimum atomic E-state index is 0.326. The molecule has 1 aromatic heterocycles. The molecule has 1 aliphatic heterocycles. The van der Waals surface area contributed by atoms with Crippen LogP contribution in [0.3, 0.4) is 0 Å². The Balaban J connectivity index is 1.35. The Morgan fingerprint density at radius 2 is 1.83 bits per heavy atom. The smallest absolute Gasteiger partial charge is 0.131 e. The summed E-state index contributed by atoms with van der Waals surface area (Å²) in [6.45, 7) is 3.58. The van der Waals surface area contributed by atoms with Crippen LogP contribution in [-0.2, 0) is 17.9 Å². The van der Waals surface area contributed by atoms with Crippen LogP contribution in [-0.4, -0.2) is 48.5 Å². The predicted molar refractivity (Wildman–Crippen MR) is 117 cm³/mol. The first-order chi connectivity index (χ1) is 14.8. The molecule has 2 heterocycles. The molecule has 1 saturated heterocycles. The molecule has 0 amide bonds. The number of aromatic nitrogens is 2. The molecule has 0 aliphatic carbocycles. The Morgan fingerprint density at radius 1 is 1.03 bits per heavy atom. The summed E-state index contributed by atoms with van der Waals surface area (Å²) in [5, 5.41) is 7.45. The fraction of sp³-hybridized carbons (Fsp3) is 0.375. The van der Waals surface area contributed by atoms with Gasteiger partial charge in [-0.3, -0.25) is 10.00 Å². The zero-order chi connectivity index (χ0) is 20.8. The van der Waals surface area contributed by atoms with Crippen LogP contribution >= 0.6 is 0 Å². The van der Waals surface area contributed by atoms with E-state index >= 15 is 0 Å². The lowest BCUT2D eigenvalue weighted by Gasteiger charge is -2.31. The van der Waals surface area contributed by atoms with Crippen molar-refractivity contribution in [2.45, 2.75) is 32.1 Å². The number of nitrogens with zero attached hydrogens (tertiary/aromatic N) is 2. The highest BCUT2D eigenvalue weighted by atomic mass is 16.5. The van der Waals surface area contributed by atoms with Crippen LogP contribution in [0.25, 0.3) is 11.3 Å². The molecular weight excluding hydrogens is 378 g/mol. The summed E-state index contributed by atoms with van der Waals surface area (Å²) in [7, 11) is 3.33. The number of benzene rings is 2. The topological polar surface area (TPSA) is 59.6 Å². The molecule has 6 nitrogen and oxygen atoms in total. The Morgan fingerprint density at radius 3 is 2.57 bits per heavy atom. The number of likely N-dealkylation sites (tertiary alicyclic amines) is 1. The maximum Gasteiger partial charge on any atom is 0.131 e. The Bertz CT molecular complexity index is 934. The van der Waals surface area contributed by atoms with Gasteiger partial charge in [0, 0.05) is 36.8 Å². The fourth-order valence-corrected chi connectivity index (χ4v) is 3.93. The van der Waals surface area contributed by atoms with Crippen molar-refractivity contribution >= 4 is 0 Å². The summed E-state index contributed by atoms with van der Waals surface area (Å²) >= 11 is 0. The number of hydrogen-bond acceptors (Lipinski definition) is 5. The molecule has 0 radical (unpaired) electrons. The summed E-state index contributed by atoms with van der Waals surface area (Å²) in [6.07, 6.45) is 4.33. The fourth-order valence-electron chi connectivity index (χ4n) is 3.93. The third kappa shape index (κ3) is 4.83. The maximum atomic E-state index is 6.12. The van der Waals surface area contributed by atoms with Crippen LogP contribution < -0.4 is 9.47 Å². The van der Waals surface area contributed by atoms with Crippen molar-refractivity contribution < 1.29 is 14.2 Å². The van der Waals surface area contributed by atoms with Gasteiger partial charge in [-0.2, -0.15) is 5.10 Å². The molecule has 1 N–H and O–H groups in total. The third-order valence-corrected chi connectivity index (χ3v) is 5.65. The van der Waals surface area contributed by atoms with Crippen molar-refractivity contribution in [3.8, 4) is 22.8 Å². The number of rotatable bonds is 8. The molecular formula is C24H29N3O3. The van der Waals surface area contributed by atoms with Gasteiger partial charge in [-0.25, -0.2) is 0 Å². The van der Waals surface area contributed by atoms with Crippen LogP contribution in [0.15, 0.2) is 54.7 Å². The summed E-state index contributed by atoms with van der Waals surface area (Å²) in [6, 6.07) is 16.2. The molecule has 0 atom stereocenters. The van der Waals surface area contributed by atoms with E-state index in [9.17, 15) is 0 Å². The molecule has 2 aromatic carbocycles. The molecule has 0 unspecified atom stereocenters. The van der Waals surface area contributed by atoms with E-state index in [1.54, 1.807) is 14.2 Å². The van der Waals surface area contributed by atoms with Gasteiger partial charge in [0.15, 0.2) is 0 Å². The molecule has 1 aliphatic rings. The second-order valence-corrected chi connectivity index (χ2v) is 7.61. The van der Waals surface area contributed by atoms with Crippen molar-refractivity contribution in [2.75, 3.05) is 27.3 Å². The molecule has 6 heteroatoms. The van der Waals surface area contributed by atoms with Gasteiger partial charge in [-0.15, -0.1) is 0 Å². The number of hydrogen-bond donors (Lipinski definition) is 1. The standard InChI is InChI=1S/C24H29N3O3/c1-28-21-8-9-22(23(14-21)29-2)24-19(15-25-26-24)16-27-12-10-20(11-13-27)30-17-18-6-4-3-5-7-18/h3-9,14-15,20H,10-13,16-17H2,1-2H3,(H,25,26). The van der Waals surface area contributed by atoms with Crippen molar-refractivity contribution in [3.05, 3.63) is 65.9 Å². The largest absolute Gasteiger partial charge is 0.497 e. The lowest BCUT2D eigenvalue weighted by Crippen LogP contribution is -2.36.